The third kappa shape index (κ3) is 2.77. The maximum atomic E-state index is 3.42. The molecule has 1 aliphatic carbocycles. The molecule has 1 saturated heterocycles. The molecule has 0 amide bonds. The van der Waals surface area contributed by atoms with E-state index in [1.165, 1.54) is 43.4 Å². The van der Waals surface area contributed by atoms with Crippen LogP contribution in [0.15, 0.2) is 18.2 Å². The predicted octanol–water partition coefficient (Wildman–Crippen LogP) is 3.44. The second-order valence-corrected chi connectivity index (χ2v) is 6.73. The van der Waals surface area contributed by atoms with Gasteiger partial charge in [-0.3, -0.25) is 4.90 Å². The van der Waals surface area contributed by atoms with Crippen molar-refractivity contribution in [2.45, 2.75) is 51.6 Å². The van der Waals surface area contributed by atoms with Crippen LogP contribution in [-0.4, -0.2) is 31.1 Å². The molecule has 0 bridgehead atoms. The zero-order valence-corrected chi connectivity index (χ0v) is 13.2. The number of nitrogens with one attached hydrogen (secondary N) is 1. The summed E-state index contributed by atoms with van der Waals surface area (Å²) in [5.74, 6) is 0.759. The van der Waals surface area contributed by atoms with Crippen molar-refractivity contribution in [2.75, 3.05) is 20.1 Å². The molecule has 110 valence electrons. The molecule has 1 heterocycles. The van der Waals surface area contributed by atoms with E-state index in [2.05, 4.69) is 49.3 Å². The normalized spacial score (nSPS) is 27.8. The van der Waals surface area contributed by atoms with Crippen molar-refractivity contribution < 1.29 is 0 Å². The van der Waals surface area contributed by atoms with Crippen LogP contribution in [0.25, 0.3) is 0 Å². The maximum absolute atomic E-state index is 3.42. The Balaban J connectivity index is 1.95. The van der Waals surface area contributed by atoms with Gasteiger partial charge in [-0.2, -0.15) is 0 Å². The Hall–Kier alpha value is -0.860. The van der Waals surface area contributed by atoms with Gasteiger partial charge in [-0.05, 0) is 76.7 Å². The largest absolute Gasteiger partial charge is 0.319 e. The molecule has 1 aromatic rings. The lowest BCUT2D eigenvalue weighted by molar-refractivity contribution is 0.0840. The molecule has 2 unspecified atom stereocenters. The van der Waals surface area contributed by atoms with Gasteiger partial charge in [0.1, 0.15) is 0 Å². The topological polar surface area (TPSA) is 15.3 Å². The molecular weight excluding hydrogens is 244 g/mol. The van der Waals surface area contributed by atoms with Crippen LogP contribution in [0, 0.1) is 19.8 Å². The van der Waals surface area contributed by atoms with Crippen LogP contribution in [0.2, 0.25) is 0 Å². The average molecular weight is 272 g/mol. The van der Waals surface area contributed by atoms with E-state index in [0.29, 0.717) is 6.04 Å². The fourth-order valence-corrected chi connectivity index (χ4v) is 3.91. The molecule has 1 saturated carbocycles. The summed E-state index contributed by atoms with van der Waals surface area (Å²) in [5.41, 5.74) is 4.45. The third-order valence-electron chi connectivity index (χ3n) is 5.03. The Morgan fingerprint density at radius 3 is 2.70 bits per heavy atom. The molecule has 20 heavy (non-hydrogen) atoms. The van der Waals surface area contributed by atoms with E-state index in [9.17, 15) is 0 Å². The summed E-state index contributed by atoms with van der Waals surface area (Å²) in [6.45, 7) is 6.94. The Bertz CT molecular complexity index is 462. The number of likely N-dealkylation sites (tertiary alicyclic amines) is 1. The lowest BCUT2D eigenvalue weighted by Gasteiger charge is -2.43. The Kier molecular flexibility index (Phi) is 4.13. The number of piperidine rings is 1. The molecular formula is C18H28N2. The molecule has 2 heteroatoms. The monoisotopic (exact) mass is 272 g/mol. The number of rotatable bonds is 4. The summed E-state index contributed by atoms with van der Waals surface area (Å²) in [6, 6.07) is 8.48. The van der Waals surface area contributed by atoms with Crippen molar-refractivity contribution in [1.29, 1.82) is 0 Å². The van der Waals surface area contributed by atoms with Crippen LogP contribution >= 0.6 is 0 Å². The van der Waals surface area contributed by atoms with Crippen LogP contribution in [0.1, 0.15) is 48.4 Å². The van der Waals surface area contributed by atoms with Crippen molar-refractivity contribution in [3.63, 3.8) is 0 Å². The molecule has 0 aromatic heterocycles. The zero-order chi connectivity index (χ0) is 14.1. The zero-order valence-electron chi connectivity index (χ0n) is 13.2. The summed E-state index contributed by atoms with van der Waals surface area (Å²) in [7, 11) is 2.09. The van der Waals surface area contributed by atoms with E-state index in [1.807, 2.05) is 0 Å². The quantitative estimate of drug-likeness (QED) is 0.903. The fraction of sp³-hybridized carbons (Fsp3) is 0.667. The smallest absolute Gasteiger partial charge is 0.0394 e. The molecule has 2 fully saturated rings. The third-order valence-corrected chi connectivity index (χ3v) is 5.03. The summed E-state index contributed by atoms with van der Waals surface area (Å²) in [6.07, 6.45) is 5.55. The molecule has 3 rings (SSSR count). The first kappa shape index (κ1) is 14.1. The van der Waals surface area contributed by atoms with Gasteiger partial charge in [0.25, 0.3) is 0 Å². The summed E-state index contributed by atoms with van der Waals surface area (Å²) in [4.78, 5) is 2.81. The van der Waals surface area contributed by atoms with Crippen molar-refractivity contribution in [2.24, 2.45) is 5.92 Å². The van der Waals surface area contributed by atoms with Crippen molar-refractivity contribution in [3.8, 4) is 0 Å². The van der Waals surface area contributed by atoms with Crippen LogP contribution in [0.5, 0.6) is 0 Å². The van der Waals surface area contributed by atoms with Gasteiger partial charge in [-0.15, -0.1) is 0 Å². The first-order chi connectivity index (χ1) is 9.70. The van der Waals surface area contributed by atoms with Gasteiger partial charge in [0.2, 0.25) is 0 Å². The van der Waals surface area contributed by atoms with Gasteiger partial charge in [-0.1, -0.05) is 23.8 Å². The van der Waals surface area contributed by atoms with Crippen LogP contribution in [0.4, 0.5) is 0 Å². The van der Waals surface area contributed by atoms with Gasteiger partial charge < -0.3 is 5.32 Å². The molecule has 2 nitrogen and oxygen atoms in total. The summed E-state index contributed by atoms with van der Waals surface area (Å²) >= 11 is 0. The molecule has 1 N–H and O–H groups in total. The molecule has 0 radical (unpaired) electrons. The van der Waals surface area contributed by atoms with Crippen LogP contribution < -0.4 is 5.32 Å². The molecule has 2 atom stereocenters. The van der Waals surface area contributed by atoms with Gasteiger partial charge in [0.15, 0.2) is 0 Å². The van der Waals surface area contributed by atoms with Gasteiger partial charge in [0, 0.05) is 12.1 Å². The minimum atomic E-state index is 0.628. The van der Waals surface area contributed by atoms with E-state index in [4.69, 9.17) is 0 Å². The predicted molar refractivity (Wildman–Crippen MR) is 85.0 cm³/mol. The number of hydrogen-bond acceptors (Lipinski definition) is 2. The maximum Gasteiger partial charge on any atom is 0.0394 e. The standard InChI is InChI=1S/C18H28N2/c1-13-6-7-14(2)17(11-13)18-15(12-19-3)5-4-10-20(18)16-8-9-16/h6-7,11,15-16,18-19H,4-5,8-10,12H2,1-3H3. The fourth-order valence-electron chi connectivity index (χ4n) is 3.91. The SMILES string of the molecule is CNCC1CCCN(C2CC2)C1c1cc(C)ccc1C. The summed E-state index contributed by atoms with van der Waals surface area (Å²) in [5, 5.41) is 3.42. The van der Waals surface area contributed by atoms with Crippen LogP contribution in [0.3, 0.4) is 0 Å². The Morgan fingerprint density at radius 2 is 2.00 bits per heavy atom. The number of nitrogens with zero attached hydrogens (tertiary/aromatic N) is 1. The first-order valence-corrected chi connectivity index (χ1v) is 8.18. The average Bonchev–Trinajstić information content (AvgIpc) is 3.26. The van der Waals surface area contributed by atoms with E-state index < -0.39 is 0 Å². The Labute approximate surface area is 123 Å². The highest BCUT2D eigenvalue weighted by atomic mass is 15.2. The molecule has 1 aliphatic heterocycles. The van der Waals surface area contributed by atoms with E-state index >= 15 is 0 Å². The molecule has 1 aromatic carbocycles. The minimum Gasteiger partial charge on any atom is -0.319 e. The summed E-state index contributed by atoms with van der Waals surface area (Å²) < 4.78 is 0. The van der Waals surface area contributed by atoms with Gasteiger partial charge in [-0.25, -0.2) is 0 Å². The molecule has 2 aliphatic rings. The first-order valence-electron chi connectivity index (χ1n) is 8.18. The number of benzene rings is 1. The van der Waals surface area contributed by atoms with Gasteiger partial charge >= 0.3 is 0 Å². The second kappa shape index (κ2) is 5.87. The van der Waals surface area contributed by atoms with Crippen molar-refractivity contribution in [1.82, 2.24) is 10.2 Å². The lowest BCUT2D eigenvalue weighted by atomic mass is 9.82. The van der Waals surface area contributed by atoms with Crippen molar-refractivity contribution >= 4 is 0 Å². The van der Waals surface area contributed by atoms with Gasteiger partial charge in [0.05, 0.1) is 0 Å². The van der Waals surface area contributed by atoms with E-state index in [-0.39, 0.29) is 0 Å². The number of hydrogen-bond donors (Lipinski definition) is 1. The highest BCUT2D eigenvalue weighted by Crippen LogP contribution is 2.43. The Morgan fingerprint density at radius 1 is 1.20 bits per heavy atom. The van der Waals surface area contributed by atoms with Crippen molar-refractivity contribution in [3.05, 3.63) is 34.9 Å². The minimum absolute atomic E-state index is 0.628. The molecule has 0 spiro atoms. The highest BCUT2D eigenvalue weighted by Gasteiger charge is 2.40. The van der Waals surface area contributed by atoms with Crippen LogP contribution in [-0.2, 0) is 0 Å². The van der Waals surface area contributed by atoms with E-state index in [1.54, 1.807) is 5.56 Å². The van der Waals surface area contributed by atoms with E-state index in [0.717, 1.165) is 18.5 Å². The second-order valence-electron chi connectivity index (χ2n) is 6.73. The highest BCUT2D eigenvalue weighted by molar-refractivity contribution is 5.34. The number of aryl methyl sites for hydroxylation is 2. The lowest BCUT2D eigenvalue weighted by Crippen LogP contribution is -2.43.